The Kier molecular flexibility index (Phi) is 4.34. The molecule has 1 aliphatic heterocycles. The molecule has 6 nitrogen and oxygen atoms in total. The van der Waals surface area contributed by atoms with Crippen molar-refractivity contribution >= 4 is 5.69 Å². The first kappa shape index (κ1) is 13.8. The summed E-state index contributed by atoms with van der Waals surface area (Å²) >= 11 is 0. The van der Waals surface area contributed by atoms with Crippen LogP contribution in [0.1, 0.15) is 24.4 Å². The van der Waals surface area contributed by atoms with Crippen molar-refractivity contribution in [1.29, 1.82) is 0 Å². The van der Waals surface area contributed by atoms with Crippen molar-refractivity contribution in [1.82, 2.24) is 5.32 Å². The summed E-state index contributed by atoms with van der Waals surface area (Å²) in [5, 5.41) is 14.3. The molecule has 0 amide bonds. The smallest absolute Gasteiger partial charge is 0.311 e. The SMILES string of the molecule is COc1ccc([C@H](N)C2CCNCC2)cc1[N+](=O)[O-]. The summed E-state index contributed by atoms with van der Waals surface area (Å²) in [7, 11) is 1.43. The van der Waals surface area contributed by atoms with E-state index in [1.165, 1.54) is 13.2 Å². The number of nitro groups is 1. The van der Waals surface area contributed by atoms with Gasteiger partial charge in [0.25, 0.3) is 0 Å². The summed E-state index contributed by atoms with van der Waals surface area (Å²) in [6.07, 6.45) is 2.00. The lowest BCUT2D eigenvalue weighted by molar-refractivity contribution is -0.385. The molecule has 1 fully saturated rings. The first-order valence-corrected chi connectivity index (χ1v) is 6.42. The molecule has 104 valence electrons. The summed E-state index contributed by atoms with van der Waals surface area (Å²) in [4.78, 5) is 10.6. The molecule has 0 bridgehead atoms. The standard InChI is InChI=1S/C13H19N3O3/c1-19-12-3-2-10(8-11(12)16(17)18)13(14)9-4-6-15-7-5-9/h2-3,8-9,13,15H,4-7,14H2,1H3/t13-/m1/s1. The van der Waals surface area contributed by atoms with E-state index in [-0.39, 0.29) is 17.5 Å². The van der Waals surface area contributed by atoms with E-state index in [4.69, 9.17) is 10.5 Å². The second kappa shape index (κ2) is 5.99. The second-order valence-electron chi connectivity index (χ2n) is 4.80. The van der Waals surface area contributed by atoms with E-state index in [0.717, 1.165) is 31.5 Å². The van der Waals surface area contributed by atoms with Crippen molar-refractivity contribution in [2.45, 2.75) is 18.9 Å². The largest absolute Gasteiger partial charge is 0.490 e. The van der Waals surface area contributed by atoms with Crippen molar-refractivity contribution in [2.24, 2.45) is 11.7 Å². The van der Waals surface area contributed by atoms with Crippen LogP contribution in [-0.4, -0.2) is 25.1 Å². The Morgan fingerprint density at radius 1 is 1.47 bits per heavy atom. The normalized spacial score (nSPS) is 18.0. The van der Waals surface area contributed by atoms with Crippen LogP contribution in [0.4, 0.5) is 5.69 Å². The Labute approximate surface area is 112 Å². The molecule has 3 N–H and O–H groups in total. The van der Waals surface area contributed by atoms with Gasteiger partial charge in [-0.05, 0) is 43.5 Å². The molecular formula is C13H19N3O3. The maximum Gasteiger partial charge on any atom is 0.311 e. The lowest BCUT2D eigenvalue weighted by Crippen LogP contribution is -2.33. The number of nitrogens with one attached hydrogen (secondary N) is 1. The average Bonchev–Trinajstić information content (AvgIpc) is 2.46. The number of methoxy groups -OCH3 is 1. The van der Waals surface area contributed by atoms with E-state index in [0.29, 0.717) is 5.92 Å². The topological polar surface area (TPSA) is 90.4 Å². The van der Waals surface area contributed by atoms with Gasteiger partial charge in [-0.3, -0.25) is 10.1 Å². The minimum absolute atomic E-state index is 0.0237. The van der Waals surface area contributed by atoms with Gasteiger partial charge in [-0.15, -0.1) is 0 Å². The van der Waals surface area contributed by atoms with Crippen LogP contribution < -0.4 is 15.8 Å². The molecule has 1 atom stereocenters. The molecule has 0 saturated carbocycles. The van der Waals surface area contributed by atoms with E-state index < -0.39 is 4.92 Å². The maximum atomic E-state index is 11.0. The van der Waals surface area contributed by atoms with Crippen LogP contribution in [0.3, 0.4) is 0 Å². The molecule has 0 aromatic heterocycles. The first-order chi connectivity index (χ1) is 9.13. The highest BCUT2D eigenvalue weighted by Gasteiger charge is 2.24. The summed E-state index contributed by atoms with van der Waals surface area (Å²) < 4.78 is 4.99. The fourth-order valence-electron chi connectivity index (χ4n) is 2.53. The first-order valence-electron chi connectivity index (χ1n) is 6.42. The number of ether oxygens (including phenoxy) is 1. The Hall–Kier alpha value is -1.66. The van der Waals surface area contributed by atoms with Crippen molar-refractivity contribution in [3.05, 3.63) is 33.9 Å². The van der Waals surface area contributed by atoms with Gasteiger partial charge in [0.2, 0.25) is 0 Å². The zero-order valence-electron chi connectivity index (χ0n) is 11.0. The van der Waals surface area contributed by atoms with Crippen LogP contribution in [0.5, 0.6) is 5.75 Å². The Morgan fingerprint density at radius 3 is 2.74 bits per heavy atom. The average molecular weight is 265 g/mol. The number of benzene rings is 1. The van der Waals surface area contributed by atoms with Crippen molar-refractivity contribution in [3.8, 4) is 5.75 Å². The fraction of sp³-hybridized carbons (Fsp3) is 0.538. The quantitative estimate of drug-likeness (QED) is 0.637. The maximum absolute atomic E-state index is 11.0. The highest BCUT2D eigenvalue weighted by molar-refractivity contribution is 5.49. The summed E-state index contributed by atoms with van der Waals surface area (Å²) in [6, 6.07) is 4.81. The third kappa shape index (κ3) is 3.02. The number of rotatable bonds is 4. The molecule has 0 aliphatic carbocycles. The highest BCUT2D eigenvalue weighted by Crippen LogP contribution is 2.33. The zero-order valence-corrected chi connectivity index (χ0v) is 11.0. The van der Waals surface area contributed by atoms with E-state index in [2.05, 4.69) is 5.32 Å². The van der Waals surface area contributed by atoms with Gasteiger partial charge in [0.1, 0.15) is 0 Å². The van der Waals surface area contributed by atoms with Gasteiger partial charge in [0.15, 0.2) is 5.75 Å². The number of piperidine rings is 1. The molecule has 1 heterocycles. The number of nitrogens with two attached hydrogens (primary N) is 1. The summed E-state index contributed by atoms with van der Waals surface area (Å²) in [5.74, 6) is 0.639. The molecule has 0 spiro atoms. The van der Waals surface area contributed by atoms with Crippen LogP contribution in [0.2, 0.25) is 0 Å². The van der Waals surface area contributed by atoms with Crippen molar-refractivity contribution in [3.63, 3.8) is 0 Å². The molecule has 6 heteroatoms. The van der Waals surface area contributed by atoms with Crippen LogP contribution in [-0.2, 0) is 0 Å². The minimum atomic E-state index is -0.433. The molecular weight excluding hydrogens is 246 g/mol. The van der Waals surface area contributed by atoms with Crippen LogP contribution in [0.25, 0.3) is 0 Å². The molecule has 0 radical (unpaired) electrons. The van der Waals surface area contributed by atoms with Gasteiger partial charge in [-0.1, -0.05) is 6.07 Å². The predicted octanol–water partition coefficient (Wildman–Crippen LogP) is 1.60. The number of hydrogen-bond acceptors (Lipinski definition) is 5. The number of hydrogen-bond donors (Lipinski definition) is 2. The van der Waals surface area contributed by atoms with E-state index in [9.17, 15) is 10.1 Å². The summed E-state index contributed by atoms with van der Waals surface area (Å²) in [5.41, 5.74) is 7.02. The van der Waals surface area contributed by atoms with Gasteiger partial charge < -0.3 is 15.8 Å². The van der Waals surface area contributed by atoms with Crippen LogP contribution in [0, 0.1) is 16.0 Å². The molecule has 19 heavy (non-hydrogen) atoms. The van der Waals surface area contributed by atoms with Gasteiger partial charge in [0.05, 0.1) is 12.0 Å². The minimum Gasteiger partial charge on any atom is -0.490 e. The molecule has 1 saturated heterocycles. The van der Waals surface area contributed by atoms with E-state index in [1.807, 2.05) is 6.07 Å². The Balaban J connectivity index is 2.24. The molecule has 1 aliphatic rings. The van der Waals surface area contributed by atoms with Crippen molar-refractivity contribution in [2.75, 3.05) is 20.2 Å². The zero-order chi connectivity index (χ0) is 13.8. The predicted molar refractivity (Wildman–Crippen MR) is 72.2 cm³/mol. The van der Waals surface area contributed by atoms with Gasteiger partial charge in [-0.2, -0.15) is 0 Å². The van der Waals surface area contributed by atoms with Gasteiger partial charge >= 0.3 is 5.69 Å². The second-order valence-corrected chi connectivity index (χ2v) is 4.80. The Morgan fingerprint density at radius 2 is 2.16 bits per heavy atom. The van der Waals surface area contributed by atoms with Crippen LogP contribution >= 0.6 is 0 Å². The van der Waals surface area contributed by atoms with E-state index >= 15 is 0 Å². The number of nitrogens with zero attached hydrogens (tertiary/aromatic N) is 1. The highest BCUT2D eigenvalue weighted by atomic mass is 16.6. The third-order valence-corrected chi connectivity index (χ3v) is 3.68. The fourth-order valence-corrected chi connectivity index (χ4v) is 2.53. The Bertz CT molecular complexity index is 458. The summed E-state index contributed by atoms with van der Waals surface area (Å²) in [6.45, 7) is 1.91. The van der Waals surface area contributed by atoms with Gasteiger partial charge in [-0.25, -0.2) is 0 Å². The lowest BCUT2D eigenvalue weighted by Gasteiger charge is -2.28. The molecule has 0 unspecified atom stereocenters. The monoisotopic (exact) mass is 265 g/mol. The molecule has 1 aromatic rings. The molecule has 2 rings (SSSR count). The van der Waals surface area contributed by atoms with Crippen LogP contribution in [0.15, 0.2) is 18.2 Å². The van der Waals surface area contributed by atoms with E-state index in [1.54, 1.807) is 6.07 Å². The third-order valence-electron chi connectivity index (χ3n) is 3.68. The number of nitro benzene ring substituents is 1. The lowest BCUT2D eigenvalue weighted by atomic mass is 9.86. The van der Waals surface area contributed by atoms with Gasteiger partial charge in [0, 0.05) is 12.1 Å². The molecule has 1 aromatic carbocycles. The van der Waals surface area contributed by atoms with Crippen molar-refractivity contribution < 1.29 is 9.66 Å².